The Hall–Kier alpha value is -8.26. The number of hydrogen-bond acceptors (Lipinski definition) is 0. The fourth-order valence-corrected chi connectivity index (χ4v) is 10.5. The fourth-order valence-electron chi connectivity index (χ4n) is 10.5. The van der Waals surface area contributed by atoms with Crippen molar-refractivity contribution in [2.24, 2.45) is 0 Å². The highest BCUT2D eigenvalue weighted by Gasteiger charge is 2.20. The van der Waals surface area contributed by atoms with Gasteiger partial charge in [-0.15, -0.1) is 0 Å². The Balaban J connectivity index is 1.01. The van der Waals surface area contributed by atoms with Gasteiger partial charge in [0.2, 0.25) is 0 Å². The molecule has 63 heavy (non-hydrogen) atoms. The van der Waals surface area contributed by atoms with Crippen LogP contribution in [0.15, 0.2) is 237 Å². The van der Waals surface area contributed by atoms with Crippen LogP contribution in [0.4, 0.5) is 0 Å². The van der Waals surface area contributed by atoms with E-state index in [1.165, 1.54) is 120 Å². The minimum Gasteiger partial charge on any atom is -0.309 e. The van der Waals surface area contributed by atoms with Crippen LogP contribution in [0.5, 0.6) is 0 Å². The van der Waals surface area contributed by atoms with Crippen molar-refractivity contribution in [3.05, 3.63) is 237 Å². The molecule has 0 N–H and O–H groups in total. The van der Waals surface area contributed by atoms with Gasteiger partial charge in [-0.3, -0.25) is 0 Å². The Morgan fingerprint density at radius 3 is 1.35 bits per heavy atom. The first kappa shape index (κ1) is 35.5. The minimum absolute atomic E-state index is 1.15. The van der Waals surface area contributed by atoms with Gasteiger partial charge in [-0.05, 0) is 135 Å². The van der Waals surface area contributed by atoms with Gasteiger partial charge in [0.1, 0.15) is 0 Å². The summed E-state index contributed by atoms with van der Waals surface area (Å²) in [7, 11) is 0. The van der Waals surface area contributed by atoms with Crippen LogP contribution in [-0.4, -0.2) is 4.57 Å². The first-order valence-corrected chi connectivity index (χ1v) is 21.8. The predicted molar refractivity (Wildman–Crippen MR) is 270 cm³/mol. The van der Waals surface area contributed by atoms with E-state index < -0.39 is 0 Å². The summed E-state index contributed by atoms with van der Waals surface area (Å²) in [6.45, 7) is 0. The van der Waals surface area contributed by atoms with Gasteiger partial charge in [0.25, 0.3) is 0 Å². The molecule has 13 rings (SSSR count). The largest absolute Gasteiger partial charge is 0.309 e. The topological polar surface area (TPSA) is 4.93 Å². The summed E-state index contributed by atoms with van der Waals surface area (Å²) in [6.07, 6.45) is 0. The number of benzene rings is 12. The van der Waals surface area contributed by atoms with Crippen molar-refractivity contribution < 1.29 is 0 Å². The number of fused-ring (bicyclic) bond motifs is 9. The molecule has 0 aliphatic rings. The highest BCUT2D eigenvalue weighted by Crippen LogP contribution is 2.46. The standard InChI is InChI=1S/C62H39N/c1-2-19-48(20-3-1)63-59-38-43(42-30-33-52-45(36-42)29-28-41-15-5-7-22-50(41)52)31-34-53(59)54-35-32-47(39-60(54)63)62-57-25-10-8-23-55(57)61(56-24-9-11-26-58(56)62)46-18-12-17-44(37-46)51-27-13-16-40-14-4-6-21-49(40)51/h1-39H. The number of aromatic nitrogens is 1. The van der Waals surface area contributed by atoms with Crippen molar-refractivity contribution in [3.8, 4) is 50.2 Å². The van der Waals surface area contributed by atoms with Gasteiger partial charge in [0.05, 0.1) is 11.0 Å². The summed E-state index contributed by atoms with van der Waals surface area (Å²) < 4.78 is 2.46. The number of para-hydroxylation sites is 1. The van der Waals surface area contributed by atoms with Crippen LogP contribution in [0.3, 0.4) is 0 Å². The molecule has 0 bridgehead atoms. The molecular formula is C62H39N. The van der Waals surface area contributed by atoms with Gasteiger partial charge in [-0.25, -0.2) is 0 Å². The highest BCUT2D eigenvalue weighted by molar-refractivity contribution is 6.22. The molecule has 1 nitrogen and oxygen atoms in total. The molecule has 0 aliphatic heterocycles. The van der Waals surface area contributed by atoms with Crippen LogP contribution >= 0.6 is 0 Å². The lowest BCUT2D eigenvalue weighted by Crippen LogP contribution is -1.94. The molecule has 0 radical (unpaired) electrons. The Kier molecular flexibility index (Phi) is 7.98. The molecule has 0 saturated carbocycles. The molecule has 0 aliphatic carbocycles. The lowest BCUT2D eigenvalue weighted by molar-refractivity contribution is 1.18. The summed E-state index contributed by atoms with van der Waals surface area (Å²) in [6, 6.07) is 87.4. The second-order valence-corrected chi connectivity index (χ2v) is 16.8. The Morgan fingerprint density at radius 1 is 0.222 bits per heavy atom. The van der Waals surface area contributed by atoms with Crippen LogP contribution in [-0.2, 0) is 0 Å². The third kappa shape index (κ3) is 5.64. The van der Waals surface area contributed by atoms with Crippen molar-refractivity contribution in [1.29, 1.82) is 0 Å². The molecular weight excluding hydrogens is 759 g/mol. The first-order chi connectivity index (χ1) is 31.2. The van der Waals surface area contributed by atoms with E-state index in [-0.39, 0.29) is 0 Å². The molecule has 0 saturated heterocycles. The highest BCUT2D eigenvalue weighted by atomic mass is 15.0. The van der Waals surface area contributed by atoms with E-state index in [1.54, 1.807) is 0 Å². The van der Waals surface area contributed by atoms with E-state index in [0.717, 1.165) is 5.69 Å². The third-order valence-corrected chi connectivity index (χ3v) is 13.3. The second kappa shape index (κ2) is 14.2. The lowest BCUT2D eigenvalue weighted by atomic mass is 9.85. The lowest BCUT2D eigenvalue weighted by Gasteiger charge is -2.18. The van der Waals surface area contributed by atoms with Crippen LogP contribution in [0.1, 0.15) is 0 Å². The van der Waals surface area contributed by atoms with E-state index in [1.807, 2.05) is 0 Å². The molecule has 0 spiro atoms. The predicted octanol–water partition coefficient (Wildman–Crippen LogP) is 17.2. The maximum Gasteiger partial charge on any atom is 0.0547 e. The maximum atomic E-state index is 2.46. The Morgan fingerprint density at radius 2 is 0.667 bits per heavy atom. The van der Waals surface area contributed by atoms with Crippen molar-refractivity contribution in [2.75, 3.05) is 0 Å². The van der Waals surface area contributed by atoms with Crippen LogP contribution in [0.2, 0.25) is 0 Å². The third-order valence-electron chi connectivity index (χ3n) is 13.3. The molecule has 13 aromatic rings. The molecule has 1 aromatic heterocycles. The minimum atomic E-state index is 1.15. The van der Waals surface area contributed by atoms with E-state index in [0.29, 0.717) is 0 Å². The summed E-state index contributed by atoms with van der Waals surface area (Å²) in [4.78, 5) is 0. The van der Waals surface area contributed by atoms with Gasteiger partial charge in [0.15, 0.2) is 0 Å². The van der Waals surface area contributed by atoms with Crippen molar-refractivity contribution in [3.63, 3.8) is 0 Å². The van der Waals surface area contributed by atoms with E-state index in [4.69, 9.17) is 0 Å². The summed E-state index contributed by atoms with van der Waals surface area (Å²) in [5.41, 5.74) is 13.4. The van der Waals surface area contributed by atoms with Gasteiger partial charge < -0.3 is 4.57 Å². The van der Waals surface area contributed by atoms with E-state index in [2.05, 4.69) is 241 Å². The van der Waals surface area contributed by atoms with Crippen LogP contribution < -0.4 is 0 Å². The molecule has 0 amide bonds. The fraction of sp³-hybridized carbons (Fsp3) is 0. The molecule has 0 atom stereocenters. The normalized spacial score (nSPS) is 11.8. The van der Waals surface area contributed by atoms with Gasteiger partial charge in [0, 0.05) is 16.5 Å². The Bertz CT molecular complexity index is 3900. The molecule has 0 fully saturated rings. The van der Waals surface area contributed by atoms with E-state index in [9.17, 15) is 0 Å². The zero-order valence-electron chi connectivity index (χ0n) is 34.5. The maximum absolute atomic E-state index is 2.46. The molecule has 0 unspecified atom stereocenters. The summed E-state index contributed by atoms with van der Waals surface area (Å²) in [5.74, 6) is 0. The average molecular weight is 798 g/mol. The number of nitrogens with zero attached hydrogens (tertiary/aromatic N) is 1. The van der Waals surface area contributed by atoms with Gasteiger partial charge in [-0.2, -0.15) is 0 Å². The average Bonchev–Trinajstić information content (AvgIpc) is 3.68. The SMILES string of the molecule is c1ccc(-n2c3cc(-c4ccc5c(ccc6ccccc65)c4)ccc3c3ccc(-c4c5ccccc5c(-c5cccc(-c6cccc7ccccc67)c5)c5ccccc45)cc32)cc1. The van der Waals surface area contributed by atoms with Crippen molar-refractivity contribution in [1.82, 2.24) is 4.57 Å². The first-order valence-electron chi connectivity index (χ1n) is 21.8. The Labute approximate surface area is 365 Å². The van der Waals surface area contributed by atoms with Crippen molar-refractivity contribution in [2.45, 2.75) is 0 Å². The van der Waals surface area contributed by atoms with E-state index >= 15 is 0 Å². The van der Waals surface area contributed by atoms with Crippen molar-refractivity contribution >= 4 is 75.7 Å². The van der Waals surface area contributed by atoms with Crippen LogP contribution in [0, 0.1) is 0 Å². The monoisotopic (exact) mass is 797 g/mol. The number of rotatable bonds is 5. The van der Waals surface area contributed by atoms with Crippen LogP contribution in [0.25, 0.3) is 126 Å². The molecule has 12 aromatic carbocycles. The smallest absolute Gasteiger partial charge is 0.0547 e. The summed E-state index contributed by atoms with van der Waals surface area (Å²) in [5, 5.41) is 15.1. The zero-order chi connectivity index (χ0) is 41.4. The second-order valence-electron chi connectivity index (χ2n) is 16.8. The quantitative estimate of drug-likeness (QED) is 0.121. The number of hydrogen-bond donors (Lipinski definition) is 0. The molecule has 1 heteroatoms. The zero-order valence-corrected chi connectivity index (χ0v) is 34.5. The van der Waals surface area contributed by atoms with Gasteiger partial charge >= 0.3 is 0 Å². The van der Waals surface area contributed by atoms with Gasteiger partial charge in [-0.1, -0.05) is 200 Å². The molecule has 1 heterocycles. The summed E-state index contributed by atoms with van der Waals surface area (Å²) >= 11 is 0. The molecule has 292 valence electrons.